The Bertz CT molecular complexity index is 810. The molecule has 2 aromatic carbocycles. The molecule has 2 aliphatic rings. The first-order chi connectivity index (χ1) is 11.5. The lowest BCUT2D eigenvalue weighted by Crippen LogP contribution is -2.37. The third-order valence-corrected chi connectivity index (χ3v) is 6.76. The van der Waals surface area contributed by atoms with Crippen LogP contribution in [0.5, 0.6) is 5.75 Å². The van der Waals surface area contributed by atoms with Crippen molar-refractivity contribution in [2.75, 3.05) is 13.2 Å². The zero-order valence-corrected chi connectivity index (χ0v) is 14.1. The van der Waals surface area contributed by atoms with Crippen LogP contribution in [0.15, 0.2) is 53.4 Å². The van der Waals surface area contributed by atoms with Crippen LogP contribution in [0.2, 0.25) is 0 Å². The molecule has 2 heterocycles. The van der Waals surface area contributed by atoms with Gasteiger partial charge >= 0.3 is 0 Å². The molecule has 126 valence electrons. The number of fused-ring (bicyclic) bond motifs is 3. The smallest absolute Gasteiger partial charge is 0.175 e. The lowest BCUT2D eigenvalue weighted by atomic mass is 9.99. The quantitative estimate of drug-likeness (QED) is 0.867. The number of hydrogen-bond acceptors (Lipinski definition) is 4. The van der Waals surface area contributed by atoms with Crippen molar-refractivity contribution in [3.63, 3.8) is 0 Å². The average molecular weight is 345 g/mol. The Kier molecular flexibility index (Phi) is 3.73. The third kappa shape index (κ3) is 2.22. The minimum Gasteiger partial charge on any atom is -0.593 e. The first-order valence-corrected chi connectivity index (χ1v) is 9.42. The van der Waals surface area contributed by atoms with E-state index in [0.29, 0.717) is 0 Å². The minimum atomic E-state index is -3.65. The van der Waals surface area contributed by atoms with Crippen LogP contribution in [0.1, 0.15) is 17.2 Å². The van der Waals surface area contributed by atoms with E-state index in [4.69, 9.17) is 4.74 Å². The molecule has 1 unspecified atom stereocenters. The topological polar surface area (TPSA) is 72.8 Å². The summed E-state index contributed by atoms with van der Waals surface area (Å²) in [5.74, 6) is 0.513. The summed E-state index contributed by atoms with van der Waals surface area (Å²) in [6, 6.07) is 13.8. The van der Waals surface area contributed by atoms with Crippen LogP contribution < -0.4 is 4.74 Å². The normalized spacial score (nSPS) is 28.0. The van der Waals surface area contributed by atoms with Crippen LogP contribution in [0, 0.1) is 12.8 Å². The standard InChI is InChI=1S/C18H19NO4S/c1-12-6-5-9-15-16-18(23-17(12)15)13(11-20)10-19(16)24(21,22)14-7-3-2-4-8-14/h2-9,13,16,18,20H,10-11H2,1H3/t13-,16-,18-/m0/s1. The third-order valence-electron chi connectivity index (χ3n) is 4.90. The highest BCUT2D eigenvalue weighted by molar-refractivity contribution is 7.95. The largest absolute Gasteiger partial charge is 0.593 e. The molecule has 5 nitrogen and oxygen atoms in total. The van der Waals surface area contributed by atoms with Gasteiger partial charge in [-0.05, 0) is 24.6 Å². The first-order valence-electron chi connectivity index (χ1n) is 7.98. The Hall–Kier alpha value is -1.73. The van der Waals surface area contributed by atoms with E-state index in [1.165, 1.54) is 4.31 Å². The number of aliphatic hydroxyl groups is 1. The zero-order chi connectivity index (χ0) is 16.9. The van der Waals surface area contributed by atoms with E-state index in [9.17, 15) is 13.9 Å². The van der Waals surface area contributed by atoms with Crippen LogP contribution in [0.25, 0.3) is 0 Å². The lowest BCUT2D eigenvalue weighted by Gasteiger charge is -2.27. The monoisotopic (exact) mass is 345 g/mol. The van der Waals surface area contributed by atoms with Gasteiger partial charge in [-0.1, -0.05) is 40.6 Å². The fraction of sp³-hybridized carbons (Fsp3) is 0.333. The molecule has 4 rings (SSSR count). The summed E-state index contributed by atoms with van der Waals surface area (Å²) in [5.41, 5.74) is 1.87. The summed E-state index contributed by atoms with van der Waals surface area (Å²) in [7, 11) is -3.65. The predicted molar refractivity (Wildman–Crippen MR) is 89.2 cm³/mol. The molecule has 2 aromatic rings. The number of aliphatic hydroxyl groups excluding tert-OH is 1. The Labute approximate surface area is 142 Å². The van der Waals surface area contributed by atoms with E-state index in [1.807, 2.05) is 25.1 Å². The minimum absolute atomic E-state index is 0.102. The molecule has 4 atom stereocenters. The Morgan fingerprint density at radius 1 is 1.25 bits per heavy atom. The van der Waals surface area contributed by atoms with E-state index in [0.717, 1.165) is 16.9 Å². The van der Waals surface area contributed by atoms with Crippen LogP contribution in [-0.4, -0.2) is 33.2 Å². The van der Waals surface area contributed by atoms with Crippen molar-refractivity contribution < 1.29 is 18.6 Å². The molecular weight excluding hydrogens is 326 g/mol. The van der Waals surface area contributed by atoms with Crippen molar-refractivity contribution in [2.45, 2.75) is 24.0 Å². The van der Waals surface area contributed by atoms with Gasteiger partial charge in [-0.3, -0.25) is 0 Å². The van der Waals surface area contributed by atoms with E-state index < -0.39 is 10.4 Å². The number of aryl methyl sites for hydroxylation is 1. The molecule has 24 heavy (non-hydrogen) atoms. The zero-order valence-electron chi connectivity index (χ0n) is 13.3. The molecular formula is C18H19NO4S. The summed E-state index contributed by atoms with van der Waals surface area (Å²) in [6.07, 6.45) is -0.343. The fourth-order valence-electron chi connectivity index (χ4n) is 3.71. The highest BCUT2D eigenvalue weighted by atomic mass is 32.3. The maximum absolute atomic E-state index is 13.1. The van der Waals surface area contributed by atoms with Crippen LogP contribution in [-0.2, 0) is 14.6 Å². The molecule has 0 aromatic heterocycles. The number of hydrogen-bond donors (Lipinski definition) is 1. The van der Waals surface area contributed by atoms with Gasteiger partial charge in [0.05, 0.1) is 13.2 Å². The van der Waals surface area contributed by atoms with Gasteiger partial charge in [0.25, 0.3) is 0 Å². The lowest BCUT2D eigenvalue weighted by molar-refractivity contribution is 0.120. The van der Waals surface area contributed by atoms with Crippen LogP contribution >= 0.6 is 0 Å². The van der Waals surface area contributed by atoms with Crippen molar-refractivity contribution in [3.05, 3.63) is 59.7 Å². The Balaban J connectivity index is 1.81. The van der Waals surface area contributed by atoms with E-state index in [-0.39, 0.29) is 36.1 Å². The number of rotatable bonds is 3. The highest BCUT2D eigenvalue weighted by Gasteiger charge is 2.56. The van der Waals surface area contributed by atoms with Gasteiger partial charge in [0.1, 0.15) is 17.9 Å². The maximum Gasteiger partial charge on any atom is 0.175 e. The van der Waals surface area contributed by atoms with Gasteiger partial charge in [0, 0.05) is 11.5 Å². The number of benzene rings is 2. The van der Waals surface area contributed by atoms with Crippen molar-refractivity contribution in [1.29, 1.82) is 0 Å². The second-order valence-corrected chi connectivity index (χ2v) is 8.24. The van der Waals surface area contributed by atoms with Gasteiger partial charge in [0.2, 0.25) is 0 Å². The van der Waals surface area contributed by atoms with Gasteiger partial charge in [0.15, 0.2) is 15.3 Å². The SMILES string of the molecule is Cc1cccc2c1O[C@H]1[C@H](CO)CN([S+](=O)([O-])c3ccccc3)[C@@H]21. The molecule has 0 saturated carbocycles. The summed E-state index contributed by atoms with van der Waals surface area (Å²) in [5, 5.41) is 9.71. The molecule has 2 aliphatic heterocycles. The Morgan fingerprint density at radius 2 is 2.00 bits per heavy atom. The van der Waals surface area contributed by atoms with Gasteiger partial charge < -0.3 is 14.4 Å². The molecule has 1 saturated heterocycles. The number of para-hydroxylation sites is 1. The van der Waals surface area contributed by atoms with Crippen molar-refractivity contribution in [2.24, 2.45) is 5.92 Å². The van der Waals surface area contributed by atoms with Gasteiger partial charge in [-0.25, -0.2) is 0 Å². The molecule has 1 fully saturated rings. The summed E-state index contributed by atoms with van der Waals surface area (Å²) in [4.78, 5) is 0.267. The molecule has 0 radical (unpaired) electrons. The first kappa shape index (κ1) is 15.8. The van der Waals surface area contributed by atoms with Gasteiger partial charge in [-0.2, -0.15) is 0 Å². The molecule has 1 N–H and O–H groups in total. The Morgan fingerprint density at radius 3 is 2.71 bits per heavy atom. The molecule has 0 bridgehead atoms. The van der Waals surface area contributed by atoms with Crippen molar-refractivity contribution in [3.8, 4) is 5.75 Å². The molecule has 0 aliphatic carbocycles. The summed E-state index contributed by atoms with van der Waals surface area (Å²) < 4.78 is 33.8. The molecule has 0 amide bonds. The summed E-state index contributed by atoms with van der Waals surface area (Å²) >= 11 is 0. The fourth-order valence-corrected chi connectivity index (χ4v) is 5.40. The predicted octanol–water partition coefficient (Wildman–Crippen LogP) is 2.33. The van der Waals surface area contributed by atoms with Crippen molar-refractivity contribution in [1.82, 2.24) is 4.31 Å². The van der Waals surface area contributed by atoms with Crippen molar-refractivity contribution >= 4 is 10.4 Å². The highest BCUT2D eigenvalue weighted by Crippen LogP contribution is 2.51. The molecule has 0 spiro atoms. The van der Waals surface area contributed by atoms with E-state index in [2.05, 4.69) is 0 Å². The second-order valence-electron chi connectivity index (χ2n) is 6.35. The maximum atomic E-state index is 13.1. The van der Waals surface area contributed by atoms with Crippen LogP contribution in [0.3, 0.4) is 0 Å². The number of sulfonamides is 1. The second kappa shape index (κ2) is 5.67. The average Bonchev–Trinajstić information content (AvgIpc) is 3.14. The number of ether oxygens (including phenoxy) is 1. The van der Waals surface area contributed by atoms with E-state index in [1.54, 1.807) is 30.3 Å². The number of nitrogens with zero attached hydrogens (tertiary/aromatic N) is 1. The molecule has 6 heteroatoms. The van der Waals surface area contributed by atoms with E-state index >= 15 is 0 Å². The summed E-state index contributed by atoms with van der Waals surface area (Å²) in [6.45, 7) is 2.11. The van der Waals surface area contributed by atoms with Crippen LogP contribution in [0.4, 0.5) is 0 Å². The van der Waals surface area contributed by atoms with Gasteiger partial charge in [-0.15, -0.1) is 4.31 Å².